The Morgan fingerprint density at radius 1 is 0.315 bits per heavy atom. The van der Waals surface area contributed by atoms with Crippen molar-refractivity contribution in [2.45, 2.75) is 363 Å². The summed E-state index contributed by atoms with van der Waals surface area (Å²) < 4.78 is 68.3. The number of hydrogen-bond donors (Lipinski definition) is 3. The molecule has 19 heteroatoms. The average Bonchev–Trinajstić information content (AvgIpc) is 3.67. The Morgan fingerprint density at radius 3 is 0.798 bits per heavy atom. The molecule has 0 aliphatic rings. The molecule has 0 aromatic carbocycles. The number of carbonyl (C=O) groups is 4. The molecule has 0 amide bonds. The van der Waals surface area contributed by atoms with E-state index in [4.69, 9.17) is 37.0 Å². The molecule has 0 aromatic rings. The SMILES string of the molecule is CCC(C)CCCCCCCCCCC(=O)O[C@H](COC(=O)CCCCCCCCCCCCC(C)C)COP(=O)(O)OC[C@@H](O)COP(=O)(O)OC[C@@H](COC(=O)CCCCCCCCC(C)C)OC(=O)CCCCCCCCCCCCCCC(C)C. The topological polar surface area (TPSA) is 237 Å². The molecule has 0 fully saturated rings. The maximum atomic E-state index is 13.0. The molecule has 0 saturated heterocycles. The summed E-state index contributed by atoms with van der Waals surface area (Å²) in [5.74, 6) is 0.852. The number of rotatable bonds is 67. The van der Waals surface area contributed by atoms with Crippen LogP contribution in [0.4, 0.5) is 0 Å². The first-order chi connectivity index (χ1) is 42.6. The van der Waals surface area contributed by atoms with Crippen LogP contribution >= 0.6 is 15.6 Å². The van der Waals surface area contributed by atoms with Gasteiger partial charge in [-0.3, -0.25) is 37.3 Å². The standard InChI is InChI=1S/C70H136O17P2/c1-9-63(8)49-41-33-24-20-21-27-37-45-53-70(75)87-65(56-80-67(72)50-42-34-25-18-15-14-17-23-31-39-47-61(4)5)58-84-88(76,77)82-54-64(71)55-83-89(78,79)85-59-66(57-81-68(73)51-43-35-29-28-32-40-48-62(6)7)86-69(74)52-44-36-26-19-13-11-10-12-16-22-30-38-46-60(2)3/h60-66,71H,9-59H2,1-8H3,(H,76,77)(H,78,79)/t63?,64-,65-,66-/m1/s1. The molecule has 3 unspecified atom stereocenters. The van der Waals surface area contributed by atoms with Crippen molar-refractivity contribution in [3.05, 3.63) is 0 Å². The second-order valence-corrected chi connectivity index (χ2v) is 29.8. The first-order valence-electron chi connectivity index (χ1n) is 36.2. The van der Waals surface area contributed by atoms with E-state index in [1.807, 2.05) is 0 Å². The van der Waals surface area contributed by atoms with Gasteiger partial charge in [0.05, 0.1) is 26.4 Å². The van der Waals surface area contributed by atoms with Crippen LogP contribution in [0.5, 0.6) is 0 Å². The van der Waals surface area contributed by atoms with Gasteiger partial charge in [-0.25, -0.2) is 9.13 Å². The molecule has 6 atom stereocenters. The maximum Gasteiger partial charge on any atom is 0.472 e. The predicted octanol–water partition coefficient (Wildman–Crippen LogP) is 19.7. The van der Waals surface area contributed by atoms with E-state index >= 15 is 0 Å². The van der Waals surface area contributed by atoms with E-state index in [2.05, 4.69) is 55.4 Å². The molecule has 0 heterocycles. The number of unbranched alkanes of at least 4 members (excludes halogenated alkanes) is 32. The van der Waals surface area contributed by atoms with Gasteiger partial charge in [0.2, 0.25) is 0 Å². The molecule has 89 heavy (non-hydrogen) atoms. The summed E-state index contributed by atoms with van der Waals surface area (Å²) in [5.41, 5.74) is 0. The summed E-state index contributed by atoms with van der Waals surface area (Å²) in [6.45, 7) is 14.1. The number of ether oxygens (including phenoxy) is 4. The van der Waals surface area contributed by atoms with Gasteiger partial charge in [0, 0.05) is 25.7 Å². The van der Waals surface area contributed by atoms with Crippen LogP contribution in [0.15, 0.2) is 0 Å². The molecule has 0 aromatic heterocycles. The van der Waals surface area contributed by atoms with Gasteiger partial charge >= 0.3 is 39.5 Å². The van der Waals surface area contributed by atoms with Gasteiger partial charge in [0.25, 0.3) is 0 Å². The van der Waals surface area contributed by atoms with Gasteiger partial charge < -0.3 is 33.8 Å². The normalized spacial score (nSPS) is 14.6. The fraction of sp³-hybridized carbons (Fsp3) is 0.943. The van der Waals surface area contributed by atoms with Crippen LogP contribution in [-0.4, -0.2) is 96.7 Å². The zero-order valence-electron chi connectivity index (χ0n) is 58.1. The summed E-state index contributed by atoms with van der Waals surface area (Å²) in [5, 5.41) is 10.6. The van der Waals surface area contributed by atoms with Crippen LogP contribution in [0.25, 0.3) is 0 Å². The fourth-order valence-electron chi connectivity index (χ4n) is 10.5. The average molecular weight is 1310 g/mol. The van der Waals surface area contributed by atoms with Crippen molar-refractivity contribution in [2.24, 2.45) is 23.7 Å². The summed E-state index contributed by atoms with van der Waals surface area (Å²) in [6.07, 6.45) is 41.7. The number of aliphatic hydroxyl groups is 1. The van der Waals surface area contributed by atoms with Crippen LogP contribution in [-0.2, 0) is 65.4 Å². The van der Waals surface area contributed by atoms with E-state index in [-0.39, 0.29) is 25.7 Å². The summed E-state index contributed by atoms with van der Waals surface area (Å²) in [4.78, 5) is 72.5. The van der Waals surface area contributed by atoms with Gasteiger partial charge in [-0.15, -0.1) is 0 Å². The first-order valence-corrected chi connectivity index (χ1v) is 39.2. The third kappa shape index (κ3) is 63.2. The number of hydrogen-bond acceptors (Lipinski definition) is 15. The van der Waals surface area contributed by atoms with Gasteiger partial charge in [0.15, 0.2) is 12.2 Å². The molecule has 0 aliphatic carbocycles. The van der Waals surface area contributed by atoms with Crippen LogP contribution in [0, 0.1) is 23.7 Å². The Bertz CT molecular complexity index is 1770. The zero-order valence-corrected chi connectivity index (χ0v) is 59.8. The highest BCUT2D eigenvalue weighted by molar-refractivity contribution is 7.47. The van der Waals surface area contributed by atoms with E-state index in [1.54, 1.807) is 0 Å². The monoisotopic (exact) mass is 1310 g/mol. The Balaban J connectivity index is 5.25. The third-order valence-corrected chi connectivity index (χ3v) is 18.3. The smallest absolute Gasteiger partial charge is 0.462 e. The third-order valence-electron chi connectivity index (χ3n) is 16.4. The number of phosphoric ester groups is 2. The molecule has 0 radical (unpaired) electrons. The fourth-order valence-corrected chi connectivity index (χ4v) is 12.0. The largest absolute Gasteiger partial charge is 0.472 e. The second kappa shape index (κ2) is 59.8. The van der Waals surface area contributed by atoms with Crippen molar-refractivity contribution in [1.29, 1.82) is 0 Å². The Kier molecular flexibility index (Phi) is 58.5. The molecular formula is C70H136O17P2. The van der Waals surface area contributed by atoms with E-state index in [9.17, 15) is 43.2 Å². The van der Waals surface area contributed by atoms with Crippen molar-refractivity contribution >= 4 is 39.5 Å². The summed E-state index contributed by atoms with van der Waals surface area (Å²) in [7, 11) is -9.90. The first kappa shape index (κ1) is 87.1. The molecule has 0 aliphatic heterocycles. The van der Waals surface area contributed by atoms with Crippen LogP contribution in [0.3, 0.4) is 0 Å². The maximum absolute atomic E-state index is 13.0. The zero-order chi connectivity index (χ0) is 66.1. The van der Waals surface area contributed by atoms with Crippen molar-refractivity contribution in [3.63, 3.8) is 0 Å². The van der Waals surface area contributed by atoms with Gasteiger partial charge in [-0.1, -0.05) is 293 Å². The van der Waals surface area contributed by atoms with Gasteiger partial charge in [-0.05, 0) is 49.4 Å². The number of esters is 4. The highest BCUT2D eigenvalue weighted by Crippen LogP contribution is 2.45. The van der Waals surface area contributed by atoms with Crippen molar-refractivity contribution < 1.29 is 80.2 Å². The van der Waals surface area contributed by atoms with Crippen LogP contribution < -0.4 is 0 Å². The summed E-state index contributed by atoms with van der Waals surface area (Å²) >= 11 is 0. The lowest BCUT2D eigenvalue weighted by Gasteiger charge is -2.21. The molecule has 0 rings (SSSR count). The summed E-state index contributed by atoms with van der Waals surface area (Å²) in [6, 6.07) is 0. The number of carbonyl (C=O) groups excluding carboxylic acids is 4. The molecule has 17 nitrogen and oxygen atoms in total. The van der Waals surface area contributed by atoms with E-state index < -0.39 is 97.5 Å². The number of aliphatic hydroxyl groups excluding tert-OH is 1. The lowest BCUT2D eigenvalue weighted by molar-refractivity contribution is -0.161. The highest BCUT2D eigenvalue weighted by Gasteiger charge is 2.30. The van der Waals surface area contributed by atoms with Gasteiger partial charge in [0.1, 0.15) is 19.3 Å². The van der Waals surface area contributed by atoms with E-state index in [0.717, 1.165) is 114 Å². The molecule has 0 bridgehead atoms. The molecule has 3 N–H and O–H groups in total. The highest BCUT2D eigenvalue weighted by atomic mass is 31.2. The van der Waals surface area contributed by atoms with Gasteiger partial charge in [-0.2, -0.15) is 0 Å². The minimum Gasteiger partial charge on any atom is -0.462 e. The number of phosphoric acid groups is 2. The van der Waals surface area contributed by atoms with Crippen molar-refractivity contribution in [2.75, 3.05) is 39.6 Å². The molecule has 528 valence electrons. The lowest BCUT2D eigenvalue weighted by atomic mass is 9.99. The molecule has 0 spiro atoms. The Hall–Kier alpha value is -1.94. The van der Waals surface area contributed by atoms with Crippen LogP contribution in [0.1, 0.15) is 344 Å². The van der Waals surface area contributed by atoms with Crippen molar-refractivity contribution in [3.8, 4) is 0 Å². The van der Waals surface area contributed by atoms with E-state index in [0.29, 0.717) is 31.6 Å². The molecular weight excluding hydrogens is 1170 g/mol. The Labute approximate surface area is 543 Å². The quantitative estimate of drug-likeness (QED) is 0.0222. The molecule has 0 saturated carbocycles. The Morgan fingerprint density at radius 2 is 0.539 bits per heavy atom. The minimum atomic E-state index is -4.95. The predicted molar refractivity (Wildman–Crippen MR) is 358 cm³/mol. The lowest BCUT2D eigenvalue weighted by Crippen LogP contribution is -2.30. The van der Waals surface area contributed by atoms with Crippen LogP contribution in [0.2, 0.25) is 0 Å². The van der Waals surface area contributed by atoms with E-state index in [1.165, 1.54) is 141 Å². The minimum absolute atomic E-state index is 0.104. The second-order valence-electron chi connectivity index (χ2n) is 26.9. The van der Waals surface area contributed by atoms with Crippen molar-refractivity contribution in [1.82, 2.24) is 0 Å².